The van der Waals surface area contributed by atoms with Crippen molar-refractivity contribution < 1.29 is 19.4 Å². The number of hydrogen-bond donors (Lipinski definition) is 2. The van der Waals surface area contributed by atoms with E-state index in [0.717, 1.165) is 15.6 Å². The Balaban J connectivity index is 2.07. The van der Waals surface area contributed by atoms with E-state index in [1.165, 1.54) is 5.56 Å². The summed E-state index contributed by atoms with van der Waals surface area (Å²) in [4.78, 5) is 10.6. The predicted octanol–water partition coefficient (Wildman–Crippen LogP) is 3.52. The van der Waals surface area contributed by atoms with Gasteiger partial charge in [-0.05, 0) is 30.2 Å². The lowest BCUT2D eigenvalue weighted by molar-refractivity contribution is -0.135. The van der Waals surface area contributed by atoms with Gasteiger partial charge in [0.1, 0.15) is 6.61 Å². The molecule has 0 unspecified atom stereocenters. The van der Waals surface area contributed by atoms with Gasteiger partial charge in [0.05, 0.1) is 13.7 Å². The van der Waals surface area contributed by atoms with Gasteiger partial charge in [0.15, 0.2) is 11.5 Å². The van der Waals surface area contributed by atoms with Gasteiger partial charge < -0.3 is 19.9 Å². The van der Waals surface area contributed by atoms with Crippen LogP contribution in [0.1, 0.15) is 16.7 Å². The van der Waals surface area contributed by atoms with Crippen molar-refractivity contribution in [1.82, 2.24) is 5.32 Å². The second-order valence-corrected chi connectivity index (χ2v) is 6.22. The van der Waals surface area contributed by atoms with Crippen LogP contribution in [0.2, 0.25) is 0 Å². The number of carboxylic acids is 1. The molecule has 0 aliphatic heterocycles. The molecule has 0 spiro atoms. The van der Waals surface area contributed by atoms with Crippen LogP contribution in [-0.2, 0) is 17.9 Å². The first-order valence-electron chi connectivity index (χ1n) is 7.47. The van der Waals surface area contributed by atoms with Crippen LogP contribution in [0.3, 0.4) is 0 Å². The summed E-state index contributed by atoms with van der Waals surface area (Å²) in [5.41, 5.74) is 3.18. The van der Waals surface area contributed by atoms with E-state index in [2.05, 4.69) is 21.2 Å². The first-order valence-corrected chi connectivity index (χ1v) is 8.26. The zero-order valence-electron chi connectivity index (χ0n) is 13.6. The highest BCUT2D eigenvalue weighted by atomic mass is 79.9. The maximum atomic E-state index is 10.6. The van der Waals surface area contributed by atoms with Crippen LogP contribution in [0.25, 0.3) is 0 Å². The van der Waals surface area contributed by atoms with E-state index in [1.807, 2.05) is 43.3 Å². The summed E-state index contributed by atoms with van der Waals surface area (Å²) < 4.78 is 12.1. The molecule has 2 rings (SSSR count). The Kier molecular flexibility index (Phi) is 6.63. The van der Waals surface area contributed by atoms with Gasteiger partial charge in [0, 0.05) is 11.0 Å². The van der Waals surface area contributed by atoms with Crippen LogP contribution >= 0.6 is 15.9 Å². The molecule has 2 N–H and O–H groups in total. The molecule has 0 saturated carbocycles. The van der Waals surface area contributed by atoms with E-state index in [0.29, 0.717) is 24.7 Å². The molecule has 6 heteroatoms. The fourth-order valence-corrected chi connectivity index (χ4v) is 2.60. The summed E-state index contributed by atoms with van der Waals surface area (Å²) in [6.45, 7) is 2.81. The minimum atomic E-state index is -0.892. The summed E-state index contributed by atoms with van der Waals surface area (Å²) in [5, 5.41) is 11.5. The second-order valence-electron chi connectivity index (χ2n) is 5.37. The topological polar surface area (TPSA) is 67.8 Å². The van der Waals surface area contributed by atoms with Crippen molar-refractivity contribution in [3.63, 3.8) is 0 Å². The molecule has 0 atom stereocenters. The molecule has 0 aromatic heterocycles. The van der Waals surface area contributed by atoms with Gasteiger partial charge in [-0.15, -0.1) is 0 Å². The van der Waals surface area contributed by atoms with Crippen LogP contribution in [0, 0.1) is 6.92 Å². The van der Waals surface area contributed by atoms with Crippen molar-refractivity contribution in [2.24, 2.45) is 0 Å². The molecule has 0 aliphatic rings. The van der Waals surface area contributed by atoms with E-state index in [9.17, 15) is 4.79 Å². The zero-order valence-corrected chi connectivity index (χ0v) is 15.2. The molecule has 5 nitrogen and oxygen atoms in total. The molecule has 2 aromatic carbocycles. The molecule has 24 heavy (non-hydrogen) atoms. The Hall–Kier alpha value is -2.05. The summed E-state index contributed by atoms with van der Waals surface area (Å²) >= 11 is 3.49. The van der Waals surface area contributed by atoms with Crippen LogP contribution in [-0.4, -0.2) is 24.7 Å². The summed E-state index contributed by atoms with van der Waals surface area (Å²) in [7, 11) is 1.58. The maximum Gasteiger partial charge on any atom is 0.317 e. The SMILES string of the molecule is COc1cc(CNCC(=O)O)c(Br)cc1OCc1ccc(C)cc1. The highest BCUT2D eigenvalue weighted by molar-refractivity contribution is 9.10. The summed E-state index contributed by atoms with van der Waals surface area (Å²) in [5.74, 6) is 0.348. The van der Waals surface area contributed by atoms with Gasteiger partial charge in [-0.1, -0.05) is 45.8 Å². The Morgan fingerprint density at radius 2 is 1.92 bits per heavy atom. The fraction of sp³-hybridized carbons (Fsp3) is 0.278. The minimum Gasteiger partial charge on any atom is -0.493 e. The molecule has 0 radical (unpaired) electrons. The lowest BCUT2D eigenvalue weighted by Crippen LogP contribution is -2.22. The number of carboxylic acid groups (broad SMARTS) is 1. The van der Waals surface area contributed by atoms with Crippen LogP contribution in [0.4, 0.5) is 0 Å². The molecule has 0 aliphatic carbocycles. The number of aryl methyl sites for hydroxylation is 1. The predicted molar refractivity (Wildman–Crippen MR) is 95.5 cm³/mol. The highest BCUT2D eigenvalue weighted by Crippen LogP contribution is 2.34. The molecule has 0 saturated heterocycles. The average molecular weight is 394 g/mol. The number of halogens is 1. The van der Waals surface area contributed by atoms with E-state index in [-0.39, 0.29) is 6.54 Å². The fourth-order valence-electron chi connectivity index (χ4n) is 2.13. The summed E-state index contributed by atoms with van der Waals surface area (Å²) in [6, 6.07) is 11.8. The van der Waals surface area contributed by atoms with Crippen molar-refractivity contribution >= 4 is 21.9 Å². The molecular formula is C18H20BrNO4. The zero-order chi connectivity index (χ0) is 17.5. The second kappa shape index (κ2) is 8.70. The maximum absolute atomic E-state index is 10.6. The Morgan fingerprint density at radius 3 is 2.54 bits per heavy atom. The molecule has 0 bridgehead atoms. The van der Waals surface area contributed by atoms with Crippen molar-refractivity contribution in [1.29, 1.82) is 0 Å². The van der Waals surface area contributed by atoms with Crippen molar-refractivity contribution in [2.45, 2.75) is 20.1 Å². The van der Waals surface area contributed by atoms with Crippen LogP contribution in [0.15, 0.2) is 40.9 Å². The lowest BCUT2D eigenvalue weighted by atomic mass is 10.1. The van der Waals surface area contributed by atoms with Gasteiger partial charge >= 0.3 is 5.97 Å². The molecule has 0 heterocycles. The highest BCUT2D eigenvalue weighted by Gasteiger charge is 2.11. The van der Waals surface area contributed by atoms with Crippen LogP contribution in [0.5, 0.6) is 11.5 Å². The normalized spacial score (nSPS) is 10.5. The number of ether oxygens (including phenoxy) is 2. The van der Waals surface area contributed by atoms with E-state index < -0.39 is 5.97 Å². The smallest absolute Gasteiger partial charge is 0.317 e. The van der Waals surface area contributed by atoms with E-state index in [4.69, 9.17) is 14.6 Å². The number of aliphatic carboxylic acids is 1. The van der Waals surface area contributed by atoms with Crippen molar-refractivity contribution in [3.8, 4) is 11.5 Å². The monoisotopic (exact) mass is 393 g/mol. The number of carbonyl (C=O) groups is 1. The van der Waals surface area contributed by atoms with Gasteiger partial charge in [0.2, 0.25) is 0 Å². The number of nitrogens with one attached hydrogen (secondary N) is 1. The third kappa shape index (κ3) is 5.25. The van der Waals surface area contributed by atoms with E-state index in [1.54, 1.807) is 7.11 Å². The average Bonchev–Trinajstić information content (AvgIpc) is 2.55. The first-order chi connectivity index (χ1) is 11.5. The molecular weight excluding hydrogens is 374 g/mol. The molecule has 2 aromatic rings. The number of hydrogen-bond acceptors (Lipinski definition) is 4. The Labute approximate surface area is 149 Å². The largest absolute Gasteiger partial charge is 0.493 e. The Morgan fingerprint density at radius 1 is 1.21 bits per heavy atom. The number of rotatable bonds is 8. The van der Waals surface area contributed by atoms with Gasteiger partial charge in [0.25, 0.3) is 0 Å². The third-order valence-electron chi connectivity index (χ3n) is 3.44. The lowest BCUT2D eigenvalue weighted by Gasteiger charge is -2.14. The van der Waals surface area contributed by atoms with Gasteiger partial charge in [-0.2, -0.15) is 0 Å². The summed E-state index contributed by atoms with van der Waals surface area (Å²) in [6.07, 6.45) is 0. The van der Waals surface area contributed by atoms with E-state index >= 15 is 0 Å². The molecule has 0 fully saturated rings. The molecule has 128 valence electrons. The van der Waals surface area contributed by atoms with Gasteiger partial charge in [-0.3, -0.25) is 4.79 Å². The van der Waals surface area contributed by atoms with Gasteiger partial charge in [-0.25, -0.2) is 0 Å². The number of benzene rings is 2. The quantitative estimate of drug-likeness (QED) is 0.717. The Bertz CT molecular complexity index is 701. The standard InChI is InChI=1S/C18H20BrNO4/c1-12-3-5-13(6-4-12)11-24-17-8-15(19)14(7-16(17)23-2)9-20-10-18(21)22/h3-8,20H,9-11H2,1-2H3,(H,21,22). The van der Waals surface area contributed by atoms with Crippen LogP contribution < -0.4 is 14.8 Å². The molecule has 0 amide bonds. The van der Waals surface area contributed by atoms with Crippen molar-refractivity contribution in [2.75, 3.05) is 13.7 Å². The first kappa shape index (κ1) is 18.3. The minimum absolute atomic E-state index is 0.0968. The number of methoxy groups -OCH3 is 1. The van der Waals surface area contributed by atoms with Crippen molar-refractivity contribution in [3.05, 3.63) is 57.6 Å². The third-order valence-corrected chi connectivity index (χ3v) is 4.18.